The third-order valence-electron chi connectivity index (χ3n) is 5.02. The first-order chi connectivity index (χ1) is 14.2. The van der Waals surface area contributed by atoms with Crippen LogP contribution < -0.4 is 15.4 Å². The number of hydrogen-bond donors (Lipinski definition) is 2. The average molecular weight is 557 g/mol. The zero-order valence-corrected chi connectivity index (χ0v) is 20.4. The van der Waals surface area contributed by atoms with E-state index in [2.05, 4.69) is 20.5 Å². The number of nitrogens with zero attached hydrogens (tertiary/aromatic N) is 3. The fraction of sp³-hybridized carbons (Fsp3) is 0.600. The number of carbonyl (C=O) groups is 1. The lowest BCUT2D eigenvalue weighted by atomic mass is 10.1. The first kappa shape index (κ1) is 27.3. The number of methoxy groups -OCH3 is 1. The van der Waals surface area contributed by atoms with E-state index < -0.39 is 18.6 Å². The van der Waals surface area contributed by atoms with Gasteiger partial charge in [0.15, 0.2) is 5.96 Å². The van der Waals surface area contributed by atoms with E-state index in [0.29, 0.717) is 17.4 Å². The van der Waals surface area contributed by atoms with Gasteiger partial charge in [-0.1, -0.05) is 12.1 Å². The molecule has 0 aromatic heterocycles. The summed E-state index contributed by atoms with van der Waals surface area (Å²) < 4.78 is 42.5. The Hall–Kier alpha value is -1.76. The molecule has 0 bridgehead atoms. The third-order valence-corrected chi connectivity index (χ3v) is 5.02. The van der Waals surface area contributed by atoms with Crippen LogP contribution in [-0.4, -0.2) is 81.8 Å². The van der Waals surface area contributed by atoms with Gasteiger partial charge < -0.3 is 20.3 Å². The van der Waals surface area contributed by atoms with E-state index in [1.165, 1.54) is 0 Å². The molecule has 1 aromatic rings. The Kier molecular flexibility index (Phi) is 11.4. The highest BCUT2D eigenvalue weighted by Crippen LogP contribution is 2.26. The lowest BCUT2D eigenvalue weighted by Crippen LogP contribution is -2.47. The molecule has 1 amide bonds. The summed E-state index contributed by atoms with van der Waals surface area (Å²) in [6.07, 6.45) is -2.15. The van der Waals surface area contributed by atoms with Gasteiger partial charge in [0.2, 0.25) is 5.91 Å². The summed E-state index contributed by atoms with van der Waals surface area (Å²) in [5.74, 6) is 0.480. The highest BCUT2D eigenvalue weighted by atomic mass is 127. The molecule has 2 N–H and O–H groups in total. The molecular formula is C20H31F3IN5O2. The number of rotatable bonds is 8. The normalized spacial score (nSPS) is 15.7. The molecule has 1 unspecified atom stereocenters. The zero-order valence-electron chi connectivity index (χ0n) is 18.0. The number of likely N-dealkylation sites (tertiary alicyclic amines) is 1. The lowest BCUT2D eigenvalue weighted by molar-refractivity contribution is -0.157. The first-order valence-electron chi connectivity index (χ1n) is 9.86. The van der Waals surface area contributed by atoms with Gasteiger partial charge >= 0.3 is 6.18 Å². The number of guanidine groups is 1. The Morgan fingerprint density at radius 3 is 2.35 bits per heavy atom. The molecule has 1 aliphatic heterocycles. The number of ether oxygens (including phenoxy) is 1. The number of benzene rings is 1. The summed E-state index contributed by atoms with van der Waals surface area (Å²) in [4.78, 5) is 19.0. The summed E-state index contributed by atoms with van der Waals surface area (Å²) in [5.41, 5.74) is 1.13. The molecule has 11 heteroatoms. The number of halogens is 4. The number of aliphatic imine (C=N–C) groups is 1. The minimum absolute atomic E-state index is 0. The van der Waals surface area contributed by atoms with E-state index in [9.17, 15) is 18.0 Å². The molecule has 2 rings (SSSR count). The van der Waals surface area contributed by atoms with E-state index >= 15 is 0 Å². The maximum absolute atomic E-state index is 12.4. The molecule has 31 heavy (non-hydrogen) atoms. The first-order valence-corrected chi connectivity index (χ1v) is 9.86. The summed E-state index contributed by atoms with van der Waals surface area (Å²) in [6, 6.07) is 7.98. The van der Waals surface area contributed by atoms with Crippen molar-refractivity contribution in [2.45, 2.75) is 25.1 Å². The van der Waals surface area contributed by atoms with Gasteiger partial charge in [0.05, 0.1) is 19.7 Å². The number of nitrogens with one attached hydrogen (secondary N) is 2. The molecule has 0 spiro atoms. The Morgan fingerprint density at radius 2 is 1.84 bits per heavy atom. The van der Waals surface area contributed by atoms with Gasteiger partial charge in [-0.15, -0.1) is 24.0 Å². The van der Waals surface area contributed by atoms with Crippen LogP contribution in [0.1, 0.15) is 24.4 Å². The molecular weight excluding hydrogens is 526 g/mol. The van der Waals surface area contributed by atoms with Crippen LogP contribution in [0.4, 0.5) is 13.2 Å². The molecule has 176 valence electrons. The van der Waals surface area contributed by atoms with Crippen LogP contribution in [0.2, 0.25) is 0 Å². The molecule has 1 atom stereocenters. The maximum atomic E-state index is 12.4. The molecule has 0 radical (unpaired) electrons. The van der Waals surface area contributed by atoms with Gasteiger partial charge in [-0.05, 0) is 43.6 Å². The van der Waals surface area contributed by atoms with Crippen LogP contribution in [0.25, 0.3) is 0 Å². The summed E-state index contributed by atoms with van der Waals surface area (Å²) in [7, 11) is 4.30. The van der Waals surface area contributed by atoms with Crippen molar-refractivity contribution in [2.75, 3.05) is 53.9 Å². The predicted octanol–water partition coefficient (Wildman–Crippen LogP) is 2.64. The van der Waals surface area contributed by atoms with E-state index in [-0.39, 0.29) is 36.6 Å². The van der Waals surface area contributed by atoms with Crippen molar-refractivity contribution < 1.29 is 22.7 Å². The van der Waals surface area contributed by atoms with Gasteiger partial charge in [0.1, 0.15) is 12.3 Å². The van der Waals surface area contributed by atoms with Crippen LogP contribution >= 0.6 is 24.0 Å². The maximum Gasteiger partial charge on any atom is 0.406 e. The van der Waals surface area contributed by atoms with Crippen LogP contribution in [0.3, 0.4) is 0 Å². The molecule has 1 aromatic carbocycles. The molecule has 0 saturated carbocycles. The molecule has 7 nitrogen and oxygen atoms in total. The number of carbonyl (C=O) groups excluding carboxylic acids is 1. The number of likely N-dealkylation sites (N-methyl/N-ethyl adjacent to an activating group) is 1. The SMILES string of the molecule is CN=C(NCC(=O)N(C)CC(F)(F)F)NCC(c1ccc(OC)cc1)N1CCCC1.I. The second kappa shape index (κ2) is 12.9. The van der Waals surface area contributed by atoms with E-state index in [4.69, 9.17) is 4.74 Å². The minimum Gasteiger partial charge on any atom is -0.497 e. The Morgan fingerprint density at radius 1 is 1.23 bits per heavy atom. The van der Waals surface area contributed by atoms with Gasteiger partial charge in [-0.25, -0.2) is 0 Å². The Labute approximate surface area is 198 Å². The van der Waals surface area contributed by atoms with Crippen molar-refractivity contribution >= 4 is 35.8 Å². The quantitative estimate of drug-likeness (QED) is 0.293. The summed E-state index contributed by atoms with van der Waals surface area (Å²) in [5, 5.41) is 5.98. The second-order valence-corrected chi connectivity index (χ2v) is 7.20. The van der Waals surface area contributed by atoms with Crippen molar-refractivity contribution in [1.29, 1.82) is 0 Å². The van der Waals surface area contributed by atoms with Crippen molar-refractivity contribution in [3.8, 4) is 5.75 Å². The van der Waals surface area contributed by atoms with Crippen molar-refractivity contribution in [1.82, 2.24) is 20.4 Å². The fourth-order valence-electron chi connectivity index (χ4n) is 3.40. The largest absolute Gasteiger partial charge is 0.497 e. The van der Waals surface area contributed by atoms with E-state index in [1.54, 1.807) is 14.2 Å². The van der Waals surface area contributed by atoms with Gasteiger partial charge in [0.25, 0.3) is 0 Å². The number of amides is 1. The van der Waals surface area contributed by atoms with Gasteiger partial charge in [0, 0.05) is 20.6 Å². The lowest BCUT2D eigenvalue weighted by Gasteiger charge is -2.29. The van der Waals surface area contributed by atoms with Crippen molar-refractivity contribution in [2.24, 2.45) is 4.99 Å². The number of hydrogen-bond acceptors (Lipinski definition) is 4. The molecule has 1 aliphatic rings. The molecule has 1 heterocycles. The predicted molar refractivity (Wildman–Crippen MR) is 125 cm³/mol. The zero-order chi connectivity index (χ0) is 22.1. The topological polar surface area (TPSA) is 69.2 Å². The molecule has 1 fully saturated rings. The smallest absolute Gasteiger partial charge is 0.406 e. The second-order valence-electron chi connectivity index (χ2n) is 7.20. The van der Waals surface area contributed by atoms with Crippen molar-refractivity contribution in [3.63, 3.8) is 0 Å². The van der Waals surface area contributed by atoms with Crippen molar-refractivity contribution in [3.05, 3.63) is 29.8 Å². The Balaban J connectivity index is 0.00000480. The third kappa shape index (κ3) is 9.09. The number of alkyl halides is 3. The highest BCUT2D eigenvalue weighted by Gasteiger charge is 2.31. The van der Waals surface area contributed by atoms with Crippen LogP contribution in [0.15, 0.2) is 29.3 Å². The minimum atomic E-state index is -4.42. The van der Waals surface area contributed by atoms with Gasteiger partial charge in [-0.2, -0.15) is 13.2 Å². The monoisotopic (exact) mass is 557 g/mol. The average Bonchev–Trinajstić information content (AvgIpc) is 3.23. The summed E-state index contributed by atoms with van der Waals surface area (Å²) >= 11 is 0. The van der Waals surface area contributed by atoms with E-state index in [1.807, 2.05) is 24.3 Å². The van der Waals surface area contributed by atoms with Crippen LogP contribution in [-0.2, 0) is 4.79 Å². The van der Waals surface area contributed by atoms with Gasteiger partial charge in [-0.3, -0.25) is 14.7 Å². The standard InChI is InChI=1S/C20H30F3N5O2.HI/c1-24-19(26-13-18(29)27(2)14-20(21,22)23)25-12-17(28-10-4-5-11-28)15-6-8-16(30-3)9-7-15;/h6-9,17H,4-5,10-14H2,1-3H3,(H2,24,25,26);1H. The highest BCUT2D eigenvalue weighted by molar-refractivity contribution is 14.0. The Bertz CT molecular complexity index is 710. The summed E-state index contributed by atoms with van der Waals surface area (Å²) in [6.45, 7) is 0.964. The molecule has 1 saturated heterocycles. The fourth-order valence-corrected chi connectivity index (χ4v) is 3.40. The van der Waals surface area contributed by atoms with Crippen LogP contribution in [0, 0.1) is 0 Å². The van der Waals surface area contributed by atoms with Crippen LogP contribution in [0.5, 0.6) is 5.75 Å². The molecule has 0 aliphatic carbocycles. The van der Waals surface area contributed by atoms with E-state index in [0.717, 1.165) is 44.3 Å².